The second-order valence-corrected chi connectivity index (χ2v) is 5.72. The molecule has 0 aliphatic carbocycles. The fourth-order valence-electron chi connectivity index (χ4n) is 1.82. The van der Waals surface area contributed by atoms with Crippen LogP contribution in [0.5, 0.6) is 11.5 Å². The monoisotopic (exact) mass is 334 g/mol. The van der Waals surface area contributed by atoms with Gasteiger partial charge in [0.1, 0.15) is 0 Å². The predicted molar refractivity (Wildman–Crippen MR) is 94.1 cm³/mol. The van der Waals surface area contributed by atoms with Crippen LogP contribution in [0.15, 0.2) is 24.3 Å². The van der Waals surface area contributed by atoms with Gasteiger partial charge in [0.15, 0.2) is 11.5 Å². The number of carbonyl (C=O) groups is 2. The number of methoxy groups -OCH3 is 1. The number of hydrogen-bond acceptors (Lipinski definition) is 4. The molecule has 1 aromatic rings. The third-order valence-electron chi connectivity index (χ3n) is 2.99. The highest BCUT2D eigenvalue weighted by molar-refractivity contribution is 5.91. The molecule has 1 rings (SSSR count). The lowest BCUT2D eigenvalue weighted by Crippen LogP contribution is -2.32. The Morgan fingerprint density at radius 1 is 1.17 bits per heavy atom. The van der Waals surface area contributed by atoms with E-state index in [9.17, 15) is 9.59 Å². The molecule has 0 atom stereocenters. The second kappa shape index (κ2) is 10.3. The highest BCUT2D eigenvalue weighted by atomic mass is 16.5. The van der Waals surface area contributed by atoms with Gasteiger partial charge in [-0.3, -0.25) is 9.59 Å². The van der Waals surface area contributed by atoms with Crippen molar-refractivity contribution < 1.29 is 19.1 Å². The molecule has 0 bridgehead atoms. The topological polar surface area (TPSA) is 76.7 Å². The summed E-state index contributed by atoms with van der Waals surface area (Å²) in [6.07, 6.45) is 3.14. The van der Waals surface area contributed by atoms with E-state index in [1.54, 1.807) is 13.2 Å². The molecule has 2 amide bonds. The Morgan fingerprint density at radius 2 is 1.88 bits per heavy atom. The molecular formula is C18H26N2O4. The van der Waals surface area contributed by atoms with E-state index in [0.29, 0.717) is 37.1 Å². The first-order valence-corrected chi connectivity index (χ1v) is 7.93. The lowest BCUT2D eigenvalue weighted by atomic mass is 10.2. The van der Waals surface area contributed by atoms with Crippen molar-refractivity contribution in [1.29, 1.82) is 0 Å². The molecule has 132 valence electrons. The summed E-state index contributed by atoms with van der Waals surface area (Å²) in [6, 6.07) is 5.51. The second-order valence-electron chi connectivity index (χ2n) is 5.72. The molecular weight excluding hydrogens is 308 g/mol. The number of rotatable bonds is 9. The summed E-state index contributed by atoms with van der Waals surface area (Å²) >= 11 is 0. The van der Waals surface area contributed by atoms with Gasteiger partial charge in [-0.2, -0.15) is 0 Å². The Balaban J connectivity index is 2.57. The maximum atomic E-state index is 11.7. The summed E-state index contributed by atoms with van der Waals surface area (Å²) in [5.41, 5.74) is 0.834. The Hall–Kier alpha value is -2.50. The third-order valence-corrected chi connectivity index (χ3v) is 2.99. The molecule has 0 saturated heterocycles. The van der Waals surface area contributed by atoms with Crippen LogP contribution in [0.4, 0.5) is 0 Å². The van der Waals surface area contributed by atoms with Crippen molar-refractivity contribution in [2.24, 2.45) is 5.92 Å². The van der Waals surface area contributed by atoms with E-state index in [4.69, 9.17) is 9.47 Å². The van der Waals surface area contributed by atoms with Crippen LogP contribution in [-0.2, 0) is 9.59 Å². The Labute approximate surface area is 143 Å². The summed E-state index contributed by atoms with van der Waals surface area (Å²) in [5, 5.41) is 5.29. The molecule has 6 heteroatoms. The van der Waals surface area contributed by atoms with Crippen LogP contribution < -0.4 is 20.1 Å². The Bertz CT molecular complexity index is 582. The minimum Gasteiger partial charge on any atom is -0.493 e. The summed E-state index contributed by atoms with van der Waals surface area (Å²) < 4.78 is 11.0. The van der Waals surface area contributed by atoms with Crippen LogP contribution in [0.2, 0.25) is 0 Å². The third kappa shape index (κ3) is 7.67. The average molecular weight is 334 g/mol. The van der Waals surface area contributed by atoms with Crippen LogP contribution in [0.1, 0.15) is 26.3 Å². The number of amides is 2. The molecule has 1 aromatic carbocycles. The smallest absolute Gasteiger partial charge is 0.244 e. The van der Waals surface area contributed by atoms with Crippen molar-refractivity contribution in [3.8, 4) is 11.5 Å². The summed E-state index contributed by atoms with van der Waals surface area (Å²) in [5.74, 6) is 1.40. The zero-order valence-corrected chi connectivity index (χ0v) is 14.7. The summed E-state index contributed by atoms with van der Waals surface area (Å²) in [7, 11) is 1.58. The molecule has 0 heterocycles. The minimum absolute atomic E-state index is 0.119. The average Bonchev–Trinajstić information content (AvgIpc) is 2.55. The minimum atomic E-state index is -0.223. The van der Waals surface area contributed by atoms with Gasteiger partial charge in [0.2, 0.25) is 11.8 Å². The van der Waals surface area contributed by atoms with Gasteiger partial charge >= 0.3 is 0 Å². The molecule has 0 radical (unpaired) electrons. The van der Waals surface area contributed by atoms with Gasteiger partial charge in [0.25, 0.3) is 0 Å². The number of benzene rings is 1. The van der Waals surface area contributed by atoms with E-state index < -0.39 is 0 Å². The van der Waals surface area contributed by atoms with Gasteiger partial charge in [0.05, 0.1) is 13.7 Å². The van der Waals surface area contributed by atoms with E-state index >= 15 is 0 Å². The zero-order chi connectivity index (χ0) is 17.9. The molecule has 6 nitrogen and oxygen atoms in total. The molecule has 0 fully saturated rings. The molecule has 0 aromatic heterocycles. The first-order chi connectivity index (χ1) is 11.4. The number of nitrogens with one attached hydrogen (secondary N) is 2. The molecule has 0 aliphatic rings. The van der Waals surface area contributed by atoms with Crippen molar-refractivity contribution >= 4 is 17.9 Å². The molecule has 0 saturated carbocycles. The van der Waals surface area contributed by atoms with Crippen molar-refractivity contribution in [2.45, 2.75) is 20.8 Å². The highest BCUT2D eigenvalue weighted by Crippen LogP contribution is 2.28. The summed E-state index contributed by atoms with van der Waals surface area (Å²) in [4.78, 5) is 22.4. The molecule has 0 spiro atoms. The van der Waals surface area contributed by atoms with Crippen LogP contribution in [0.25, 0.3) is 6.08 Å². The molecule has 0 aliphatic heterocycles. The van der Waals surface area contributed by atoms with Crippen LogP contribution in [0.3, 0.4) is 0 Å². The number of ether oxygens (including phenoxy) is 2. The quantitative estimate of drug-likeness (QED) is 0.535. The lowest BCUT2D eigenvalue weighted by Gasteiger charge is -2.12. The highest BCUT2D eigenvalue weighted by Gasteiger charge is 2.06. The van der Waals surface area contributed by atoms with Crippen molar-refractivity contribution in [3.05, 3.63) is 29.8 Å². The van der Waals surface area contributed by atoms with E-state index in [2.05, 4.69) is 24.5 Å². The first kappa shape index (κ1) is 19.5. The van der Waals surface area contributed by atoms with E-state index in [-0.39, 0.29) is 11.8 Å². The van der Waals surface area contributed by atoms with Crippen molar-refractivity contribution in [3.63, 3.8) is 0 Å². The van der Waals surface area contributed by atoms with Gasteiger partial charge in [-0.05, 0) is 29.7 Å². The zero-order valence-electron chi connectivity index (χ0n) is 14.7. The largest absolute Gasteiger partial charge is 0.493 e. The fraction of sp³-hybridized carbons (Fsp3) is 0.444. The first-order valence-electron chi connectivity index (χ1n) is 7.93. The molecule has 2 N–H and O–H groups in total. The lowest BCUT2D eigenvalue weighted by molar-refractivity contribution is -0.119. The predicted octanol–water partition coefficient (Wildman–Crippen LogP) is 2.00. The normalized spacial score (nSPS) is 10.7. The Morgan fingerprint density at radius 3 is 2.50 bits per heavy atom. The fourth-order valence-corrected chi connectivity index (χ4v) is 1.82. The van der Waals surface area contributed by atoms with Gasteiger partial charge in [0, 0.05) is 26.1 Å². The SMILES string of the molecule is COc1cc(/C=C/C(=O)NCCNC(C)=O)ccc1OCC(C)C. The van der Waals surface area contributed by atoms with Gasteiger partial charge in [-0.1, -0.05) is 19.9 Å². The van der Waals surface area contributed by atoms with Crippen LogP contribution in [-0.4, -0.2) is 38.6 Å². The maximum absolute atomic E-state index is 11.7. The van der Waals surface area contributed by atoms with E-state index in [0.717, 1.165) is 5.56 Å². The number of hydrogen-bond donors (Lipinski definition) is 2. The van der Waals surface area contributed by atoms with Gasteiger partial charge in [-0.25, -0.2) is 0 Å². The molecule has 24 heavy (non-hydrogen) atoms. The van der Waals surface area contributed by atoms with Gasteiger partial charge < -0.3 is 20.1 Å². The van der Waals surface area contributed by atoms with Crippen molar-refractivity contribution in [1.82, 2.24) is 10.6 Å². The van der Waals surface area contributed by atoms with Crippen LogP contribution in [0, 0.1) is 5.92 Å². The van der Waals surface area contributed by atoms with Crippen LogP contribution >= 0.6 is 0 Å². The van der Waals surface area contributed by atoms with E-state index in [1.807, 2.05) is 18.2 Å². The maximum Gasteiger partial charge on any atom is 0.244 e. The Kier molecular flexibility index (Phi) is 8.39. The van der Waals surface area contributed by atoms with Gasteiger partial charge in [-0.15, -0.1) is 0 Å². The molecule has 0 unspecified atom stereocenters. The van der Waals surface area contributed by atoms with Crippen molar-refractivity contribution in [2.75, 3.05) is 26.8 Å². The number of carbonyl (C=O) groups excluding carboxylic acids is 2. The standard InChI is InChI=1S/C18H26N2O4/c1-13(2)12-24-16-7-5-15(11-17(16)23-4)6-8-18(22)20-10-9-19-14(3)21/h5-8,11,13H,9-10,12H2,1-4H3,(H,19,21)(H,20,22)/b8-6+. The summed E-state index contributed by atoms with van der Waals surface area (Å²) in [6.45, 7) is 6.99. The van der Waals surface area contributed by atoms with E-state index in [1.165, 1.54) is 13.0 Å².